The van der Waals surface area contributed by atoms with E-state index >= 15 is 0 Å². The summed E-state index contributed by atoms with van der Waals surface area (Å²) in [5.41, 5.74) is 1.57. The monoisotopic (exact) mass is 466 g/mol. The molecule has 1 atom stereocenters. The third-order valence-corrected chi connectivity index (χ3v) is 5.27. The lowest BCUT2D eigenvalue weighted by Crippen LogP contribution is -2.30. The van der Waals surface area contributed by atoms with Gasteiger partial charge in [0.05, 0.1) is 17.9 Å². The normalized spacial score (nSPS) is 11.8. The quantitative estimate of drug-likeness (QED) is 0.416. The molecule has 0 bridgehead atoms. The molecule has 0 aliphatic carbocycles. The van der Waals surface area contributed by atoms with Gasteiger partial charge in [0, 0.05) is 11.2 Å². The molecule has 10 heteroatoms. The summed E-state index contributed by atoms with van der Waals surface area (Å²) in [5.74, 6) is -1.32. The van der Waals surface area contributed by atoms with E-state index < -0.39 is 18.0 Å². The Morgan fingerprint density at radius 2 is 1.90 bits per heavy atom. The van der Waals surface area contributed by atoms with Crippen molar-refractivity contribution in [2.45, 2.75) is 26.5 Å². The second-order valence-electron chi connectivity index (χ2n) is 6.38. The van der Waals surface area contributed by atoms with Crippen LogP contribution in [-0.4, -0.2) is 32.7 Å². The van der Waals surface area contributed by atoms with Crippen LogP contribution >= 0.6 is 34.8 Å². The first-order valence-electron chi connectivity index (χ1n) is 8.86. The molecular formula is C20H17Cl3N4O3. The zero-order valence-corrected chi connectivity index (χ0v) is 18.3. The third kappa shape index (κ3) is 4.92. The van der Waals surface area contributed by atoms with Gasteiger partial charge in [-0.25, -0.2) is 14.5 Å². The largest absolute Gasteiger partial charge is 0.449 e. The Bertz CT molecular complexity index is 1100. The SMILES string of the molecule is Cc1nn(Cc2ccccc2Cl)c(Cl)c1C(=O)OC(C)C(=O)Nc1cccnc1Cl. The van der Waals surface area contributed by atoms with Crippen molar-refractivity contribution < 1.29 is 14.3 Å². The molecule has 156 valence electrons. The fourth-order valence-electron chi connectivity index (χ4n) is 2.66. The Labute approximate surface area is 187 Å². The van der Waals surface area contributed by atoms with Gasteiger partial charge in [0.1, 0.15) is 10.7 Å². The molecule has 0 saturated carbocycles. The smallest absolute Gasteiger partial charge is 0.343 e. The van der Waals surface area contributed by atoms with Crippen molar-refractivity contribution >= 4 is 52.4 Å². The van der Waals surface area contributed by atoms with Gasteiger partial charge in [-0.3, -0.25) is 4.79 Å². The molecule has 1 unspecified atom stereocenters. The second kappa shape index (κ2) is 9.47. The molecule has 3 aromatic rings. The number of carbonyl (C=O) groups excluding carboxylic acids is 2. The first-order valence-corrected chi connectivity index (χ1v) is 10.00. The highest BCUT2D eigenvalue weighted by atomic mass is 35.5. The van der Waals surface area contributed by atoms with Crippen molar-refractivity contribution in [1.82, 2.24) is 14.8 Å². The predicted molar refractivity (Wildman–Crippen MR) is 115 cm³/mol. The number of rotatable bonds is 6. The summed E-state index contributed by atoms with van der Waals surface area (Å²) in [7, 11) is 0. The number of aryl methyl sites for hydroxylation is 1. The molecule has 0 fully saturated rings. The van der Waals surface area contributed by atoms with E-state index in [2.05, 4.69) is 15.4 Å². The molecule has 0 aliphatic heterocycles. The number of hydrogen-bond acceptors (Lipinski definition) is 5. The van der Waals surface area contributed by atoms with E-state index in [0.29, 0.717) is 16.4 Å². The lowest BCUT2D eigenvalue weighted by atomic mass is 10.2. The highest BCUT2D eigenvalue weighted by Crippen LogP contribution is 2.25. The summed E-state index contributed by atoms with van der Waals surface area (Å²) in [4.78, 5) is 28.9. The average molecular weight is 468 g/mol. The first-order chi connectivity index (χ1) is 14.3. The van der Waals surface area contributed by atoms with Crippen molar-refractivity contribution in [3.8, 4) is 0 Å². The number of carbonyl (C=O) groups is 2. The number of amides is 1. The molecule has 0 saturated heterocycles. The summed E-state index contributed by atoms with van der Waals surface area (Å²) in [5, 5.41) is 7.65. The van der Waals surface area contributed by atoms with Gasteiger partial charge in [-0.2, -0.15) is 5.10 Å². The minimum Gasteiger partial charge on any atom is -0.449 e. The number of esters is 1. The van der Waals surface area contributed by atoms with Gasteiger partial charge in [0.25, 0.3) is 5.91 Å². The number of nitrogens with one attached hydrogen (secondary N) is 1. The fourth-order valence-corrected chi connectivity index (χ4v) is 3.34. The van der Waals surface area contributed by atoms with Crippen molar-refractivity contribution in [2.75, 3.05) is 5.32 Å². The van der Waals surface area contributed by atoms with Gasteiger partial charge in [-0.05, 0) is 37.6 Å². The van der Waals surface area contributed by atoms with Gasteiger partial charge in [0.15, 0.2) is 11.3 Å². The number of hydrogen-bond donors (Lipinski definition) is 1. The van der Waals surface area contributed by atoms with Crippen LogP contribution in [0.1, 0.15) is 28.5 Å². The van der Waals surface area contributed by atoms with Crippen LogP contribution in [0, 0.1) is 6.92 Å². The lowest BCUT2D eigenvalue weighted by molar-refractivity contribution is -0.123. The van der Waals surface area contributed by atoms with E-state index in [1.165, 1.54) is 17.8 Å². The minimum absolute atomic E-state index is 0.0859. The number of aromatic nitrogens is 3. The Morgan fingerprint density at radius 1 is 1.17 bits per heavy atom. The van der Waals surface area contributed by atoms with Crippen LogP contribution in [0.3, 0.4) is 0 Å². The van der Waals surface area contributed by atoms with Crippen LogP contribution < -0.4 is 5.32 Å². The molecular weight excluding hydrogens is 451 g/mol. The fraction of sp³-hybridized carbons (Fsp3) is 0.200. The molecule has 2 heterocycles. The zero-order valence-electron chi connectivity index (χ0n) is 16.0. The van der Waals surface area contributed by atoms with Gasteiger partial charge in [-0.1, -0.05) is 53.0 Å². The maximum Gasteiger partial charge on any atom is 0.343 e. The van der Waals surface area contributed by atoms with Crippen molar-refractivity contribution in [1.29, 1.82) is 0 Å². The van der Waals surface area contributed by atoms with Crippen LogP contribution in [0.2, 0.25) is 15.3 Å². The second-order valence-corrected chi connectivity index (χ2v) is 7.50. The molecule has 1 aromatic carbocycles. The van der Waals surface area contributed by atoms with Crippen LogP contribution in [0.5, 0.6) is 0 Å². The molecule has 3 rings (SSSR count). The van der Waals surface area contributed by atoms with Gasteiger partial charge >= 0.3 is 5.97 Å². The lowest BCUT2D eigenvalue weighted by Gasteiger charge is -2.14. The average Bonchev–Trinajstić information content (AvgIpc) is 2.98. The van der Waals surface area contributed by atoms with E-state index in [4.69, 9.17) is 39.5 Å². The summed E-state index contributed by atoms with van der Waals surface area (Å²) in [6.45, 7) is 3.35. The van der Waals surface area contributed by atoms with Gasteiger partial charge in [-0.15, -0.1) is 0 Å². The summed E-state index contributed by atoms with van der Waals surface area (Å²) in [6, 6.07) is 10.5. The van der Waals surface area contributed by atoms with Gasteiger partial charge in [0.2, 0.25) is 0 Å². The molecule has 0 radical (unpaired) electrons. The van der Waals surface area contributed by atoms with E-state index in [0.717, 1.165) is 5.56 Å². The number of anilines is 1. The van der Waals surface area contributed by atoms with E-state index in [1.54, 1.807) is 25.1 Å². The van der Waals surface area contributed by atoms with Gasteiger partial charge < -0.3 is 10.1 Å². The maximum atomic E-state index is 12.6. The van der Waals surface area contributed by atoms with Crippen LogP contribution in [0.4, 0.5) is 5.69 Å². The van der Waals surface area contributed by atoms with Crippen LogP contribution in [-0.2, 0) is 16.1 Å². The van der Waals surface area contributed by atoms with E-state index in [1.807, 2.05) is 18.2 Å². The summed E-state index contributed by atoms with van der Waals surface area (Å²) >= 11 is 18.5. The third-order valence-electron chi connectivity index (χ3n) is 4.22. The van der Waals surface area contributed by atoms with Crippen LogP contribution in [0.15, 0.2) is 42.6 Å². The molecule has 2 aromatic heterocycles. The first kappa shape index (κ1) is 22.1. The minimum atomic E-state index is -1.10. The Kier molecular flexibility index (Phi) is 6.97. The number of nitrogens with zero attached hydrogens (tertiary/aromatic N) is 3. The Morgan fingerprint density at radius 3 is 2.60 bits per heavy atom. The topological polar surface area (TPSA) is 86.1 Å². The van der Waals surface area contributed by atoms with E-state index in [-0.39, 0.29) is 22.4 Å². The molecule has 1 amide bonds. The van der Waals surface area contributed by atoms with Crippen molar-refractivity contribution in [3.05, 3.63) is 74.7 Å². The molecule has 1 N–H and O–H groups in total. The molecule has 7 nitrogen and oxygen atoms in total. The number of pyridine rings is 1. The number of ether oxygens (including phenoxy) is 1. The molecule has 30 heavy (non-hydrogen) atoms. The predicted octanol–water partition coefficient (Wildman–Crippen LogP) is 4.78. The highest BCUT2D eigenvalue weighted by Gasteiger charge is 2.26. The van der Waals surface area contributed by atoms with Crippen molar-refractivity contribution in [2.24, 2.45) is 0 Å². The molecule has 0 spiro atoms. The Hall–Kier alpha value is -2.61. The zero-order chi connectivity index (χ0) is 21.8. The highest BCUT2D eigenvalue weighted by molar-refractivity contribution is 6.33. The standard InChI is InChI=1S/C20H17Cl3N4O3/c1-11-16(18(23)27(26-11)10-13-6-3-4-7-14(13)21)20(29)30-12(2)19(28)25-15-8-5-9-24-17(15)22/h3-9,12H,10H2,1-2H3,(H,25,28). The summed E-state index contributed by atoms with van der Waals surface area (Å²) < 4.78 is 6.73. The summed E-state index contributed by atoms with van der Waals surface area (Å²) in [6.07, 6.45) is 0.392. The Balaban J connectivity index is 1.72. The maximum absolute atomic E-state index is 12.6. The van der Waals surface area contributed by atoms with Crippen LogP contribution in [0.25, 0.3) is 0 Å². The molecule has 0 aliphatic rings. The van der Waals surface area contributed by atoms with E-state index in [9.17, 15) is 9.59 Å². The van der Waals surface area contributed by atoms with Crippen molar-refractivity contribution in [3.63, 3.8) is 0 Å². The number of benzene rings is 1. The number of halogens is 3.